The summed E-state index contributed by atoms with van der Waals surface area (Å²) in [6.45, 7) is 1.91. The molecule has 0 bridgehead atoms. The molecule has 0 aliphatic carbocycles. The molecule has 0 aliphatic heterocycles. The number of carbonyl (C=O) groups excluding carboxylic acids is 2. The van der Waals surface area contributed by atoms with E-state index in [1.54, 1.807) is 6.07 Å². The highest BCUT2D eigenvalue weighted by molar-refractivity contribution is 5.76. The van der Waals surface area contributed by atoms with Crippen molar-refractivity contribution in [1.82, 2.24) is 0 Å². The van der Waals surface area contributed by atoms with E-state index in [1.807, 2.05) is 6.92 Å². The van der Waals surface area contributed by atoms with Crippen LogP contribution >= 0.6 is 0 Å². The molecule has 0 saturated carbocycles. The summed E-state index contributed by atoms with van der Waals surface area (Å²) in [7, 11) is 1.44. The van der Waals surface area contributed by atoms with Crippen LogP contribution in [0.25, 0.3) is 0 Å². The second-order valence-electron chi connectivity index (χ2n) is 4.10. The molecule has 1 aromatic rings. The first kappa shape index (κ1) is 15.2. The lowest BCUT2D eigenvalue weighted by molar-refractivity contribution is -0.118. The summed E-state index contributed by atoms with van der Waals surface area (Å²) >= 11 is 0. The molecular formula is C14H18O5. The third-order valence-corrected chi connectivity index (χ3v) is 2.68. The molecule has 0 aliphatic rings. The summed E-state index contributed by atoms with van der Waals surface area (Å²) in [5.74, 6) is 0.667. The Balaban J connectivity index is 2.90. The minimum atomic E-state index is -0.948. The summed E-state index contributed by atoms with van der Waals surface area (Å²) in [4.78, 5) is 21.6. The van der Waals surface area contributed by atoms with E-state index in [1.165, 1.54) is 19.2 Å². The number of ether oxygens (including phenoxy) is 2. The predicted octanol–water partition coefficient (Wildman–Crippen LogP) is 1.61. The highest BCUT2D eigenvalue weighted by atomic mass is 16.5. The Morgan fingerprint density at radius 3 is 2.58 bits per heavy atom. The third-order valence-electron chi connectivity index (χ3n) is 2.68. The molecule has 0 heterocycles. The molecule has 0 spiro atoms. The maximum absolute atomic E-state index is 11.0. The van der Waals surface area contributed by atoms with Crippen molar-refractivity contribution in [3.63, 3.8) is 0 Å². The van der Waals surface area contributed by atoms with Gasteiger partial charge in [0.05, 0.1) is 13.2 Å². The van der Waals surface area contributed by atoms with Gasteiger partial charge >= 0.3 is 0 Å². The van der Waals surface area contributed by atoms with Crippen LogP contribution < -0.4 is 9.47 Å². The van der Waals surface area contributed by atoms with Crippen LogP contribution in [0.4, 0.5) is 0 Å². The van der Waals surface area contributed by atoms with Crippen molar-refractivity contribution in [3.8, 4) is 11.5 Å². The normalized spacial score (nSPS) is 13.4. The molecule has 2 unspecified atom stereocenters. The fourth-order valence-corrected chi connectivity index (χ4v) is 1.66. The van der Waals surface area contributed by atoms with E-state index in [4.69, 9.17) is 9.47 Å². The number of benzene rings is 1. The van der Waals surface area contributed by atoms with E-state index in [0.29, 0.717) is 36.1 Å². The number of hydrogen-bond acceptors (Lipinski definition) is 5. The maximum atomic E-state index is 11.0. The van der Waals surface area contributed by atoms with Gasteiger partial charge in [0.25, 0.3) is 0 Å². The molecule has 104 valence electrons. The van der Waals surface area contributed by atoms with E-state index < -0.39 is 12.2 Å². The van der Waals surface area contributed by atoms with E-state index in [0.717, 1.165) is 6.42 Å². The van der Waals surface area contributed by atoms with Crippen LogP contribution in [-0.4, -0.2) is 37.0 Å². The number of aliphatic hydroxyl groups is 1. The van der Waals surface area contributed by atoms with Crippen molar-refractivity contribution in [1.29, 1.82) is 0 Å². The van der Waals surface area contributed by atoms with Gasteiger partial charge in [0.15, 0.2) is 23.9 Å². The minimum Gasteiger partial charge on any atom is -0.493 e. The fourth-order valence-electron chi connectivity index (χ4n) is 1.66. The quantitative estimate of drug-likeness (QED) is 0.724. The van der Waals surface area contributed by atoms with Crippen molar-refractivity contribution in [2.24, 2.45) is 0 Å². The van der Waals surface area contributed by atoms with Gasteiger partial charge in [-0.05, 0) is 24.6 Å². The minimum absolute atomic E-state index is 0.320. The van der Waals surface area contributed by atoms with Gasteiger partial charge in [-0.1, -0.05) is 13.3 Å². The van der Waals surface area contributed by atoms with E-state index in [9.17, 15) is 14.7 Å². The highest BCUT2D eigenvalue weighted by Crippen LogP contribution is 2.29. The van der Waals surface area contributed by atoms with Gasteiger partial charge in [-0.2, -0.15) is 0 Å². The number of methoxy groups -OCH3 is 1. The zero-order chi connectivity index (χ0) is 14.3. The average molecular weight is 266 g/mol. The Morgan fingerprint density at radius 1 is 1.32 bits per heavy atom. The second-order valence-corrected chi connectivity index (χ2v) is 4.10. The van der Waals surface area contributed by atoms with Gasteiger partial charge in [-0.25, -0.2) is 0 Å². The van der Waals surface area contributed by atoms with Crippen LogP contribution in [0.15, 0.2) is 18.2 Å². The van der Waals surface area contributed by atoms with Gasteiger partial charge in [-0.15, -0.1) is 0 Å². The number of rotatable bonds is 8. The average Bonchev–Trinajstić information content (AvgIpc) is 2.44. The molecule has 0 aromatic heterocycles. The topological polar surface area (TPSA) is 72.8 Å². The lowest BCUT2D eigenvalue weighted by Gasteiger charge is -2.20. The molecule has 2 atom stereocenters. The fraction of sp³-hybridized carbons (Fsp3) is 0.429. The van der Waals surface area contributed by atoms with E-state index in [2.05, 4.69) is 0 Å². The number of hydrogen-bond donors (Lipinski definition) is 1. The Bertz CT molecular complexity index is 430. The molecule has 1 N–H and O–H groups in total. The Hall–Kier alpha value is -1.88. The summed E-state index contributed by atoms with van der Waals surface area (Å²) in [6.07, 6.45) is 0.658. The molecular weight excluding hydrogens is 248 g/mol. The lowest BCUT2D eigenvalue weighted by atomic mass is 10.1. The summed E-state index contributed by atoms with van der Waals surface area (Å²) in [6, 6.07) is 4.60. The van der Waals surface area contributed by atoms with Crippen LogP contribution in [0.2, 0.25) is 0 Å². The molecule has 0 saturated heterocycles. The summed E-state index contributed by atoms with van der Waals surface area (Å²) in [5, 5.41) is 9.78. The lowest BCUT2D eigenvalue weighted by Crippen LogP contribution is -2.33. The predicted molar refractivity (Wildman–Crippen MR) is 69.8 cm³/mol. The molecule has 0 fully saturated rings. The van der Waals surface area contributed by atoms with Crippen molar-refractivity contribution in [2.45, 2.75) is 32.0 Å². The number of aldehydes is 2. The van der Waals surface area contributed by atoms with Crippen LogP contribution in [0, 0.1) is 0 Å². The van der Waals surface area contributed by atoms with Gasteiger partial charge in [-0.3, -0.25) is 9.59 Å². The third kappa shape index (κ3) is 4.06. The maximum Gasteiger partial charge on any atom is 0.179 e. The van der Waals surface area contributed by atoms with Crippen molar-refractivity contribution in [3.05, 3.63) is 23.8 Å². The first-order valence-electron chi connectivity index (χ1n) is 6.09. The van der Waals surface area contributed by atoms with Gasteiger partial charge in [0.2, 0.25) is 0 Å². The van der Waals surface area contributed by atoms with Gasteiger partial charge in [0.1, 0.15) is 6.29 Å². The molecule has 1 aromatic carbocycles. The monoisotopic (exact) mass is 266 g/mol. The zero-order valence-electron chi connectivity index (χ0n) is 11.0. The first-order valence-corrected chi connectivity index (χ1v) is 6.09. The van der Waals surface area contributed by atoms with Crippen LogP contribution in [-0.2, 0) is 4.79 Å². The zero-order valence-corrected chi connectivity index (χ0v) is 11.0. The second kappa shape index (κ2) is 7.53. The first-order chi connectivity index (χ1) is 9.15. The summed E-state index contributed by atoms with van der Waals surface area (Å²) < 4.78 is 10.5. The molecule has 0 amide bonds. The van der Waals surface area contributed by atoms with Crippen molar-refractivity contribution < 1.29 is 24.2 Å². The highest BCUT2D eigenvalue weighted by Gasteiger charge is 2.21. The molecule has 0 radical (unpaired) electrons. The Labute approximate surface area is 112 Å². The standard InChI is InChI=1S/C14H18O5/c1-3-4-11(17)14(9-16)19-12-6-5-10(8-15)7-13(12)18-2/h5-9,11,14,17H,3-4H2,1-2H3. The summed E-state index contributed by atoms with van der Waals surface area (Å²) in [5.41, 5.74) is 0.445. The van der Waals surface area contributed by atoms with Crippen LogP contribution in [0.3, 0.4) is 0 Å². The molecule has 5 heteroatoms. The van der Waals surface area contributed by atoms with Gasteiger partial charge < -0.3 is 14.6 Å². The Kier molecular flexibility index (Phi) is 6.02. The van der Waals surface area contributed by atoms with Crippen molar-refractivity contribution >= 4 is 12.6 Å². The van der Waals surface area contributed by atoms with E-state index in [-0.39, 0.29) is 0 Å². The molecule has 5 nitrogen and oxygen atoms in total. The SMILES string of the molecule is CCCC(O)C(C=O)Oc1ccc(C=O)cc1OC. The number of carbonyl (C=O) groups is 2. The largest absolute Gasteiger partial charge is 0.493 e. The van der Waals surface area contributed by atoms with Crippen LogP contribution in [0.1, 0.15) is 30.1 Å². The van der Waals surface area contributed by atoms with Crippen LogP contribution in [0.5, 0.6) is 11.5 Å². The molecule has 1 rings (SSSR count). The van der Waals surface area contributed by atoms with E-state index >= 15 is 0 Å². The molecule has 19 heavy (non-hydrogen) atoms. The van der Waals surface area contributed by atoms with Crippen molar-refractivity contribution in [2.75, 3.05) is 7.11 Å². The smallest absolute Gasteiger partial charge is 0.179 e. The van der Waals surface area contributed by atoms with Gasteiger partial charge in [0, 0.05) is 5.56 Å². The Morgan fingerprint density at radius 2 is 2.05 bits per heavy atom. The number of aliphatic hydroxyl groups excluding tert-OH is 1.